The summed E-state index contributed by atoms with van der Waals surface area (Å²) in [6.07, 6.45) is 9.23. The lowest BCUT2D eigenvalue weighted by Gasteiger charge is -2.12. The van der Waals surface area contributed by atoms with Crippen molar-refractivity contribution >= 4 is 27.9 Å². The number of benzene rings is 1. The van der Waals surface area contributed by atoms with Gasteiger partial charge in [-0.25, -0.2) is 4.98 Å². The van der Waals surface area contributed by atoms with E-state index in [0.717, 1.165) is 29.7 Å². The smallest absolute Gasteiger partial charge is 0.230 e. The van der Waals surface area contributed by atoms with Crippen molar-refractivity contribution in [1.82, 2.24) is 4.98 Å². The first-order valence-corrected chi connectivity index (χ1v) is 8.80. The highest BCUT2D eigenvalue weighted by atomic mass is 32.1. The Bertz CT molecular complexity index is 731. The SMILES string of the molecule is CCC1C=CC(c2csc(NC(=O)Cc3ccccc3)n2)=CC1. The van der Waals surface area contributed by atoms with E-state index in [-0.39, 0.29) is 5.91 Å². The maximum absolute atomic E-state index is 12.1. The molecule has 0 spiro atoms. The van der Waals surface area contributed by atoms with Crippen LogP contribution < -0.4 is 5.32 Å². The van der Waals surface area contributed by atoms with Gasteiger partial charge in [0.25, 0.3) is 0 Å². The second kappa shape index (κ2) is 7.38. The van der Waals surface area contributed by atoms with E-state index in [2.05, 4.69) is 35.5 Å². The molecular formula is C19H20N2OS. The zero-order chi connectivity index (χ0) is 16.1. The summed E-state index contributed by atoms with van der Waals surface area (Å²) < 4.78 is 0. The second-order valence-corrected chi connectivity index (χ2v) is 6.53. The molecule has 118 valence electrons. The molecular weight excluding hydrogens is 304 g/mol. The third kappa shape index (κ3) is 4.17. The minimum absolute atomic E-state index is 0.0312. The summed E-state index contributed by atoms with van der Waals surface area (Å²) in [7, 11) is 0. The Morgan fingerprint density at radius 3 is 2.87 bits per heavy atom. The monoisotopic (exact) mass is 324 g/mol. The molecule has 1 aromatic heterocycles. The minimum atomic E-state index is -0.0312. The van der Waals surface area contributed by atoms with E-state index < -0.39 is 0 Å². The number of nitrogens with one attached hydrogen (secondary N) is 1. The molecule has 1 amide bonds. The molecule has 1 heterocycles. The van der Waals surface area contributed by atoms with Gasteiger partial charge in [0.1, 0.15) is 0 Å². The molecule has 2 aromatic rings. The zero-order valence-corrected chi connectivity index (χ0v) is 14.0. The van der Waals surface area contributed by atoms with Gasteiger partial charge < -0.3 is 5.32 Å². The van der Waals surface area contributed by atoms with E-state index in [1.807, 2.05) is 35.7 Å². The number of thiazole rings is 1. The van der Waals surface area contributed by atoms with Crippen LogP contribution >= 0.6 is 11.3 Å². The highest BCUT2D eigenvalue weighted by molar-refractivity contribution is 7.14. The standard InChI is InChI=1S/C19H20N2OS/c1-2-14-8-10-16(11-9-14)17-13-23-19(20-17)21-18(22)12-15-6-4-3-5-7-15/h3-8,10-11,13-14H,2,9,12H2,1H3,(H,20,21,22). The van der Waals surface area contributed by atoms with E-state index in [9.17, 15) is 4.79 Å². The number of hydrogen-bond acceptors (Lipinski definition) is 3. The number of carbonyl (C=O) groups excluding carboxylic acids is 1. The number of anilines is 1. The number of carbonyl (C=O) groups is 1. The molecule has 1 aromatic carbocycles. The van der Waals surface area contributed by atoms with Gasteiger partial charge in [-0.15, -0.1) is 11.3 Å². The summed E-state index contributed by atoms with van der Waals surface area (Å²) in [5.41, 5.74) is 3.09. The Hall–Kier alpha value is -2.20. The van der Waals surface area contributed by atoms with Crippen LogP contribution in [-0.2, 0) is 11.2 Å². The average Bonchev–Trinajstić information content (AvgIpc) is 3.04. The minimum Gasteiger partial charge on any atom is -0.302 e. The first-order chi connectivity index (χ1) is 11.2. The average molecular weight is 324 g/mol. The van der Waals surface area contributed by atoms with Crippen LogP contribution in [0.1, 0.15) is 31.0 Å². The number of aromatic nitrogens is 1. The highest BCUT2D eigenvalue weighted by Crippen LogP contribution is 2.28. The van der Waals surface area contributed by atoms with E-state index in [0.29, 0.717) is 17.5 Å². The van der Waals surface area contributed by atoms with Crippen molar-refractivity contribution in [2.45, 2.75) is 26.2 Å². The van der Waals surface area contributed by atoms with E-state index in [4.69, 9.17) is 0 Å². The van der Waals surface area contributed by atoms with Crippen LogP contribution in [0, 0.1) is 5.92 Å². The van der Waals surface area contributed by atoms with Gasteiger partial charge in [0.2, 0.25) is 5.91 Å². The summed E-state index contributed by atoms with van der Waals surface area (Å²) in [6.45, 7) is 2.21. The quantitative estimate of drug-likeness (QED) is 0.866. The fourth-order valence-electron chi connectivity index (χ4n) is 2.57. The topological polar surface area (TPSA) is 42.0 Å². The molecule has 0 saturated carbocycles. The third-order valence-corrected chi connectivity index (χ3v) is 4.72. The Labute approximate surface area is 140 Å². The lowest BCUT2D eigenvalue weighted by atomic mass is 9.94. The number of nitrogens with zero attached hydrogens (tertiary/aromatic N) is 1. The lowest BCUT2D eigenvalue weighted by Crippen LogP contribution is -2.14. The van der Waals surface area contributed by atoms with Crippen molar-refractivity contribution in [3.8, 4) is 0 Å². The zero-order valence-electron chi connectivity index (χ0n) is 13.2. The van der Waals surface area contributed by atoms with Crippen LogP contribution in [0.5, 0.6) is 0 Å². The number of amides is 1. The normalized spacial score (nSPS) is 16.9. The molecule has 23 heavy (non-hydrogen) atoms. The number of rotatable bonds is 5. The van der Waals surface area contributed by atoms with Crippen molar-refractivity contribution in [1.29, 1.82) is 0 Å². The molecule has 0 fully saturated rings. The molecule has 1 N–H and O–H groups in total. The molecule has 0 aliphatic heterocycles. The Balaban J connectivity index is 1.60. The maximum atomic E-state index is 12.1. The Kier molecular flexibility index (Phi) is 5.03. The van der Waals surface area contributed by atoms with Gasteiger partial charge in [0.05, 0.1) is 12.1 Å². The van der Waals surface area contributed by atoms with Gasteiger partial charge in [-0.1, -0.05) is 55.5 Å². The molecule has 0 radical (unpaired) electrons. The predicted octanol–water partition coefficient (Wildman–Crippen LogP) is 4.69. The Morgan fingerprint density at radius 2 is 2.17 bits per heavy atom. The van der Waals surface area contributed by atoms with Gasteiger partial charge in [0.15, 0.2) is 5.13 Å². The first-order valence-electron chi connectivity index (χ1n) is 7.92. The maximum Gasteiger partial charge on any atom is 0.230 e. The molecule has 1 aliphatic rings. The van der Waals surface area contributed by atoms with Crippen LogP contribution in [0.15, 0.2) is 53.9 Å². The Morgan fingerprint density at radius 1 is 1.35 bits per heavy atom. The largest absolute Gasteiger partial charge is 0.302 e. The first kappa shape index (κ1) is 15.7. The fourth-order valence-corrected chi connectivity index (χ4v) is 3.30. The molecule has 4 heteroatoms. The van der Waals surface area contributed by atoms with Crippen molar-refractivity contribution in [2.24, 2.45) is 5.92 Å². The third-order valence-electron chi connectivity index (χ3n) is 3.97. The molecule has 0 saturated heterocycles. The second-order valence-electron chi connectivity index (χ2n) is 5.67. The van der Waals surface area contributed by atoms with Gasteiger partial charge in [0, 0.05) is 5.38 Å². The predicted molar refractivity (Wildman–Crippen MR) is 96.4 cm³/mol. The van der Waals surface area contributed by atoms with Gasteiger partial charge in [-0.3, -0.25) is 4.79 Å². The highest BCUT2D eigenvalue weighted by Gasteiger charge is 2.12. The summed E-state index contributed by atoms with van der Waals surface area (Å²) in [5.74, 6) is 0.610. The number of allylic oxidation sites excluding steroid dienone is 4. The summed E-state index contributed by atoms with van der Waals surface area (Å²) in [5, 5.41) is 5.55. The van der Waals surface area contributed by atoms with Crippen molar-refractivity contribution in [2.75, 3.05) is 5.32 Å². The fraction of sp³-hybridized carbons (Fsp3) is 0.263. The molecule has 0 bridgehead atoms. The van der Waals surface area contributed by atoms with Gasteiger partial charge in [-0.05, 0) is 29.9 Å². The molecule has 1 aliphatic carbocycles. The van der Waals surface area contributed by atoms with E-state index >= 15 is 0 Å². The van der Waals surface area contributed by atoms with E-state index in [1.165, 1.54) is 11.3 Å². The summed E-state index contributed by atoms with van der Waals surface area (Å²) >= 11 is 1.47. The van der Waals surface area contributed by atoms with Crippen LogP contribution in [0.3, 0.4) is 0 Å². The summed E-state index contributed by atoms with van der Waals surface area (Å²) in [6, 6.07) is 9.73. The number of hydrogen-bond donors (Lipinski definition) is 1. The van der Waals surface area contributed by atoms with Crippen LogP contribution in [0.2, 0.25) is 0 Å². The molecule has 3 nitrogen and oxygen atoms in total. The van der Waals surface area contributed by atoms with Gasteiger partial charge in [-0.2, -0.15) is 0 Å². The van der Waals surface area contributed by atoms with Crippen LogP contribution in [0.25, 0.3) is 5.57 Å². The van der Waals surface area contributed by atoms with Crippen molar-refractivity contribution < 1.29 is 4.79 Å². The van der Waals surface area contributed by atoms with Gasteiger partial charge >= 0.3 is 0 Å². The van der Waals surface area contributed by atoms with Crippen LogP contribution in [0.4, 0.5) is 5.13 Å². The molecule has 1 atom stereocenters. The van der Waals surface area contributed by atoms with Crippen molar-refractivity contribution in [3.63, 3.8) is 0 Å². The van der Waals surface area contributed by atoms with Crippen LogP contribution in [-0.4, -0.2) is 10.9 Å². The summed E-state index contributed by atoms with van der Waals surface area (Å²) in [4.78, 5) is 16.6. The molecule has 1 unspecified atom stereocenters. The van der Waals surface area contributed by atoms with E-state index in [1.54, 1.807) is 0 Å². The lowest BCUT2D eigenvalue weighted by molar-refractivity contribution is -0.115. The van der Waals surface area contributed by atoms with Crippen molar-refractivity contribution in [3.05, 3.63) is 65.2 Å². The molecule has 3 rings (SSSR count).